The van der Waals surface area contributed by atoms with Crippen LogP contribution in [0.25, 0.3) is 11.5 Å². The molecule has 1 aliphatic rings. The monoisotopic (exact) mass is 349 g/mol. The fourth-order valence-corrected chi connectivity index (χ4v) is 3.30. The molecule has 7 nitrogen and oxygen atoms in total. The molecule has 1 amide bonds. The highest BCUT2D eigenvalue weighted by atomic mass is 16.5. The van der Waals surface area contributed by atoms with Crippen LogP contribution in [0.2, 0.25) is 0 Å². The van der Waals surface area contributed by atoms with E-state index in [1.165, 1.54) is 0 Å². The molecule has 1 saturated heterocycles. The van der Waals surface area contributed by atoms with Crippen LogP contribution in [-0.4, -0.2) is 43.5 Å². The van der Waals surface area contributed by atoms with E-state index < -0.39 is 0 Å². The Morgan fingerprint density at radius 2 is 2.19 bits per heavy atom. The Labute approximate surface area is 151 Å². The minimum Gasteiger partial charge on any atom is -0.334 e. The van der Waals surface area contributed by atoms with Gasteiger partial charge in [0.2, 0.25) is 0 Å². The van der Waals surface area contributed by atoms with E-state index >= 15 is 0 Å². The molecular formula is C19H19N5O2. The van der Waals surface area contributed by atoms with Gasteiger partial charge in [0.05, 0.1) is 5.56 Å². The van der Waals surface area contributed by atoms with Crippen LogP contribution in [0, 0.1) is 0 Å². The third-order valence-corrected chi connectivity index (χ3v) is 4.60. The smallest absolute Gasteiger partial charge is 0.272 e. The molecule has 0 radical (unpaired) electrons. The maximum atomic E-state index is 12.7. The summed E-state index contributed by atoms with van der Waals surface area (Å²) >= 11 is 0. The van der Waals surface area contributed by atoms with Gasteiger partial charge in [-0.3, -0.25) is 14.8 Å². The molecule has 7 heteroatoms. The van der Waals surface area contributed by atoms with Crippen LogP contribution in [0.15, 0.2) is 53.4 Å². The number of nitrogens with zero attached hydrogens (tertiary/aromatic N) is 5. The Morgan fingerprint density at radius 3 is 3.00 bits per heavy atom. The second-order valence-corrected chi connectivity index (χ2v) is 6.31. The fourth-order valence-electron chi connectivity index (χ4n) is 3.30. The number of rotatable bonds is 5. The van der Waals surface area contributed by atoms with Gasteiger partial charge in [-0.15, -0.1) is 0 Å². The lowest BCUT2D eigenvalue weighted by atomic mass is 10.1. The number of aryl methyl sites for hydroxylation is 1. The molecule has 1 atom stereocenters. The zero-order valence-corrected chi connectivity index (χ0v) is 14.3. The highest BCUT2D eigenvalue weighted by molar-refractivity contribution is 5.92. The number of hydrogen-bond donors (Lipinski definition) is 0. The summed E-state index contributed by atoms with van der Waals surface area (Å²) in [5.74, 6) is 1.12. The van der Waals surface area contributed by atoms with Gasteiger partial charge in [-0.1, -0.05) is 11.2 Å². The number of carbonyl (C=O) groups is 1. The Kier molecular flexibility index (Phi) is 4.68. The SMILES string of the molecule is O=C(c1ccccn1)N1CCCC1CCc1noc(-c2cccnc2)n1. The van der Waals surface area contributed by atoms with Crippen LogP contribution in [0.5, 0.6) is 0 Å². The van der Waals surface area contributed by atoms with Gasteiger partial charge in [0.1, 0.15) is 5.69 Å². The van der Waals surface area contributed by atoms with Crippen LogP contribution in [0.1, 0.15) is 35.6 Å². The molecule has 3 aromatic heterocycles. The molecule has 0 bridgehead atoms. The van der Waals surface area contributed by atoms with Gasteiger partial charge in [0.15, 0.2) is 5.82 Å². The molecular weight excluding hydrogens is 330 g/mol. The third-order valence-electron chi connectivity index (χ3n) is 4.60. The first-order valence-corrected chi connectivity index (χ1v) is 8.76. The molecule has 4 heterocycles. The summed E-state index contributed by atoms with van der Waals surface area (Å²) in [6.07, 6.45) is 8.53. The summed E-state index contributed by atoms with van der Waals surface area (Å²) in [6, 6.07) is 9.31. The lowest BCUT2D eigenvalue weighted by molar-refractivity contribution is 0.0724. The van der Waals surface area contributed by atoms with E-state index in [4.69, 9.17) is 4.52 Å². The number of amides is 1. The number of carbonyl (C=O) groups excluding carboxylic acids is 1. The lowest BCUT2D eigenvalue weighted by Crippen LogP contribution is -2.36. The zero-order valence-electron chi connectivity index (χ0n) is 14.3. The molecule has 1 aliphatic heterocycles. The minimum absolute atomic E-state index is 0.00254. The Balaban J connectivity index is 1.40. The van der Waals surface area contributed by atoms with Crippen molar-refractivity contribution in [2.45, 2.75) is 31.7 Å². The predicted molar refractivity (Wildman–Crippen MR) is 94.1 cm³/mol. The van der Waals surface area contributed by atoms with Crippen molar-refractivity contribution in [3.05, 3.63) is 60.4 Å². The largest absolute Gasteiger partial charge is 0.334 e. The number of likely N-dealkylation sites (tertiary alicyclic amines) is 1. The van der Waals surface area contributed by atoms with Gasteiger partial charge in [0.25, 0.3) is 11.8 Å². The van der Waals surface area contributed by atoms with Gasteiger partial charge >= 0.3 is 0 Å². The van der Waals surface area contributed by atoms with Crippen LogP contribution < -0.4 is 0 Å². The van der Waals surface area contributed by atoms with Crippen molar-refractivity contribution >= 4 is 5.91 Å². The summed E-state index contributed by atoms with van der Waals surface area (Å²) in [6.45, 7) is 0.771. The average molecular weight is 349 g/mol. The van der Waals surface area contributed by atoms with Crippen molar-refractivity contribution in [3.63, 3.8) is 0 Å². The van der Waals surface area contributed by atoms with Crippen LogP contribution in [0.3, 0.4) is 0 Å². The second-order valence-electron chi connectivity index (χ2n) is 6.31. The van der Waals surface area contributed by atoms with Crippen LogP contribution >= 0.6 is 0 Å². The molecule has 0 aromatic carbocycles. The quantitative estimate of drug-likeness (QED) is 0.704. The minimum atomic E-state index is -0.00254. The first-order valence-electron chi connectivity index (χ1n) is 8.76. The van der Waals surface area contributed by atoms with Crippen molar-refractivity contribution in [2.75, 3.05) is 6.54 Å². The van der Waals surface area contributed by atoms with Crippen LogP contribution in [-0.2, 0) is 6.42 Å². The summed E-state index contributed by atoms with van der Waals surface area (Å²) in [4.78, 5) is 27.3. The summed E-state index contributed by atoms with van der Waals surface area (Å²) in [5.41, 5.74) is 1.30. The Hall–Kier alpha value is -3.09. The van der Waals surface area contributed by atoms with Gasteiger partial charge in [-0.25, -0.2) is 0 Å². The van der Waals surface area contributed by atoms with Crippen molar-refractivity contribution in [2.24, 2.45) is 0 Å². The maximum Gasteiger partial charge on any atom is 0.272 e. The van der Waals surface area contributed by atoms with E-state index in [1.807, 2.05) is 29.2 Å². The molecule has 0 aliphatic carbocycles. The van der Waals surface area contributed by atoms with E-state index in [0.29, 0.717) is 23.8 Å². The van der Waals surface area contributed by atoms with E-state index in [-0.39, 0.29) is 11.9 Å². The molecule has 0 saturated carbocycles. The molecule has 3 aromatic rings. The molecule has 0 spiro atoms. The van der Waals surface area contributed by atoms with Gasteiger partial charge < -0.3 is 9.42 Å². The first kappa shape index (κ1) is 16.4. The Bertz CT molecular complexity index is 866. The van der Waals surface area contributed by atoms with E-state index in [1.54, 1.807) is 24.7 Å². The molecule has 26 heavy (non-hydrogen) atoms. The van der Waals surface area contributed by atoms with Gasteiger partial charge in [-0.05, 0) is 43.5 Å². The Morgan fingerprint density at radius 1 is 1.23 bits per heavy atom. The number of hydrogen-bond acceptors (Lipinski definition) is 6. The maximum absolute atomic E-state index is 12.7. The highest BCUT2D eigenvalue weighted by Crippen LogP contribution is 2.24. The molecule has 0 N–H and O–H groups in total. The van der Waals surface area contributed by atoms with E-state index in [9.17, 15) is 4.79 Å². The first-order chi connectivity index (χ1) is 12.8. The third kappa shape index (κ3) is 3.46. The average Bonchev–Trinajstić information content (AvgIpc) is 3.36. The summed E-state index contributed by atoms with van der Waals surface area (Å²) in [7, 11) is 0. The molecule has 4 rings (SSSR count). The molecule has 1 unspecified atom stereocenters. The van der Waals surface area contributed by atoms with E-state index in [2.05, 4.69) is 20.1 Å². The number of aromatic nitrogens is 4. The highest BCUT2D eigenvalue weighted by Gasteiger charge is 2.30. The van der Waals surface area contributed by atoms with Crippen LogP contribution in [0.4, 0.5) is 0 Å². The second kappa shape index (κ2) is 7.43. The normalized spacial score (nSPS) is 16.8. The van der Waals surface area contributed by atoms with Gasteiger partial charge in [0, 0.05) is 37.6 Å². The van der Waals surface area contributed by atoms with Crippen molar-refractivity contribution in [1.29, 1.82) is 0 Å². The fraction of sp³-hybridized carbons (Fsp3) is 0.316. The van der Waals surface area contributed by atoms with Gasteiger partial charge in [-0.2, -0.15) is 4.98 Å². The molecule has 1 fully saturated rings. The van der Waals surface area contributed by atoms with E-state index in [0.717, 1.165) is 31.4 Å². The summed E-state index contributed by atoms with van der Waals surface area (Å²) < 4.78 is 5.32. The summed E-state index contributed by atoms with van der Waals surface area (Å²) in [5, 5.41) is 4.05. The standard InChI is InChI=1S/C19H19N5O2/c25-19(16-7-1-2-11-21-16)24-12-4-6-15(24)8-9-17-22-18(26-23-17)14-5-3-10-20-13-14/h1-3,5,7,10-11,13,15H,4,6,8-9,12H2. The zero-order chi connectivity index (χ0) is 17.8. The van der Waals surface area contributed by atoms with Crippen molar-refractivity contribution < 1.29 is 9.32 Å². The topological polar surface area (TPSA) is 85.0 Å². The lowest BCUT2D eigenvalue weighted by Gasteiger charge is -2.24. The predicted octanol–water partition coefficient (Wildman–Crippen LogP) is 2.76. The number of pyridine rings is 2. The molecule has 132 valence electrons. The van der Waals surface area contributed by atoms with Crippen molar-refractivity contribution in [1.82, 2.24) is 25.0 Å². The van der Waals surface area contributed by atoms with Crippen molar-refractivity contribution in [3.8, 4) is 11.5 Å².